The molecule has 0 unspecified atom stereocenters. The van der Waals surface area contributed by atoms with Gasteiger partial charge in [-0.15, -0.1) is 0 Å². The molecule has 2 aromatic carbocycles. The van der Waals surface area contributed by atoms with Crippen molar-refractivity contribution in [3.8, 4) is 0 Å². The van der Waals surface area contributed by atoms with Gasteiger partial charge in [0, 0.05) is 18.3 Å². The van der Waals surface area contributed by atoms with Crippen LogP contribution in [0.15, 0.2) is 24.3 Å². The fraction of sp³-hybridized carbons (Fsp3) is 0.292. The molecule has 13 heteroatoms. The van der Waals surface area contributed by atoms with E-state index in [9.17, 15) is 24.0 Å². The smallest absolute Gasteiger partial charge is 0.329 e. The highest BCUT2D eigenvalue weighted by atomic mass is 35.5. The zero-order chi connectivity index (χ0) is 27.4. The highest BCUT2D eigenvalue weighted by Gasteiger charge is 2.47. The number of ether oxygens (including phenoxy) is 1. The van der Waals surface area contributed by atoms with Gasteiger partial charge in [0.25, 0.3) is 17.7 Å². The zero-order valence-corrected chi connectivity index (χ0v) is 22.6. The molecule has 0 fully saturated rings. The van der Waals surface area contributed by atoms with Gasteiger partial charge >= 0.3 is 5.97 Å². The van der Waals surface area contributed by atoms with Crippen LogP contribution in [-0.2, 0) is 19.1 Å². The Balaban J connectivity index is 1.74. The molecule has 0 radical (unpaired) electrons. The number of rotatable bonds is 9. The molecule has 1 aliphatic rings. The maximum atomic E-state index is 13.2. The molecule has 2 N–H and O–H groups in total. The lowest BCUT2D eigenvalue weighted by Gasteiger charge is -2.24. The van der Waals surface area contributed by atoms with Gasteiger partial charge in [0.05, 0.1) is 31.2 Å². The predicted molar refractivity (Wildman–Crippen MR) is 141 cm³/mol. The standard InChI is InChI=1S/C24H21Cl4N3O6/c1-3-4-5-14(31-22(34)16-17(23(31)35)19(26)21(28)20(27)18(16)25)24(36)37-10-15(33)30-13-8-6-12(7-9-13)29-11(2)32/h6-9,14H,3-5,10H2,1-2H3,(H,29,32)(H,30,33)/t14-/m1/s1. The predicted octanol–water partition coefficient (Wildman–Crippen LogP) is 5.60. The van der Waals surface area contributed by atoms with E-state index in [2.05, 4.69) is 10.6 Å². The number of carbonyl (C=O) groups is 5. The van der Waals surface area contributed by atoms with Crippen LogP contribution in [0.2, 0.25) is 20.1 Å². The lowest BCUT2D eigenvalue weighted by molar-refractivity contribution is -0.151. The summed E-state index contributed by atoms with van der Waals surface area (Å²) in [5, 5.41) is 4.26. The second-order valence-electron chi connectivity index (χ2n) is 8.06. The van der Waals surface area contributed by atoms with E-state index in [4.69, 9.17) is 51.1 Å². The van der Waals surface area contributed by atoms with Crippen LogP contribution in [0.4, 0.5) is 11.4 Å². The third-order valence-corrected chi connectivity index (χ3v) is 7.18. The first kappa shape index (κ1) is 28.7. The molecule has 0 saturated heterocycles. The molecular weight excluding hydrogens is 568 g/mol. The fourth-order valence-electron chi connectivity index (χ4n) is 3.67. The molecule has 3 rings (SSSR count). The Morgan fingerprint density at radius 2 is 1.35 bits per heavy atom. The summed E-state index contributed by atoms with van der Waals surface area (Å²) >= 11 is 24.5. The first-order valence-electron chi connectivity index (χ1n) is 11.1. The topological polar surface area (TPSA) is 122 Å². The number of halogens is 4. The number of hydrogen-bond donors (Lipinski definition) is 2. The van der Waals surface area contributed by atoms with Crippen LogP contribution in [0.5, 0.6) is 0 Å². The van der Waals surface area contributed by atoms with Gasteiger partial charge in [-0.2, -0.15) is 0 Å². The summed E-state index contributed by atoms with van der Waals surface area (Å²) in [5.41, 5.74) is 0.442. The van der Waals surface area contributed by atoms with E-state index >= 15 is 0 Å². The molecule has 0 spiro atoms. The van der Waals surface area contributed by atoms with Crippen molar-refractivity contribution in [1.29, 1.82) is 0 Å². The number of esters is 1. The molecule has 0 aliphatic carbocycles. The summed E-state index contributed by atoms with van der Waals surface area (Å²) in [5.74, 6) is -3.58. The van der Waals surface area contributed by atoms with E-state index in [1.807, 2.05) is 6.92 Å². The monoisotopic (exact) mass is 587 g/mol. The van der Waals surface area contributed by atoms with Crippen LogP contribution in [-0.4, -0.2) is 47.1 Å². The minimum atomic E-state index is -1.33. The second kappa shape index (κ2) is 12.1. The molecule has 1 heterocycles. The van der Waals surface area contributed by atoms with Gasteiger partial charge in [0.15, 0.2) is 6.61 Å². The molecular formula is C24H21Cl4N3O6. The Hall–Kier alpha value is -2.85. The lowest BCUT2D eigenvalue weighted by atomic mass is 10.1. The van der Waals surface area contributed by atoms with Gasteiger partial charge < -0.3 is 15.4 Å². The van der Waals surface area contributed by atoms with E-state index in [0.29, 0.717) is 29.1 Å². The number of benzene rings is 2. The highest BCUT2D eigenvalue weighted by Crippen LogP contribution is 2.45. The third-order valence-electron chi connectivity index (χ3n) is 5.38. The number of imide groups is 1. The van der Waals surface area contributed by atoms with Gasteiger partial charge in [-0.05, 0) is 30.7 Å². The molecule has 37 heavy (non-hydrogen) atoms. The average Bonchev–Trinajstić information content (AvgIpc) is 3.11. The maximum Gasteiger partial charge on any atom is 0.329 e. The average molecular weight is 589 g/mol. The van der Waals surface area contributed by atoms with Crippen molar-refractivity contribution in [2.45, 2.75) is 39.2 Å². The molecule has 1 atom stereocenters. The molecule has 2 aromatic rings. The minimum Gasteiger partial charge on any atom is -0.454 e. The van der Waals surface area contributed by atoms with Gasteiger partial charge in [0.2, 0.25) is 5.91 Å². The zero-order valence-electron chi connectivity index (χ0n) is 19.6. The number of anilines is 2. The van der Waals surface area contributed by atoms with Crippen LogP contribution < -0.4 is 10.6 Å². The number of nitrogens with one attached hydrogen (secondary N) is 2. The second-order valence-corrected chi connectivity index (χ2v) is 9.57. The van der Waals surface area contributed by atoms with Gasteiger partial charge in [-0.25, -0.2) is 4.79 Å². The van der Waals surface area contributed by atoms with Gasteiger partial charge in [-0.1, -0.05) is 66.2 Å². The molecule has 9 nitrogen and oxygen atoms in total. The first-order chi connectivity index (χ1) is 17.5. The number of carbonyl (C=O) groups excluding carboxylic acids is 5. The highest BCUT2D eigenvalue weighted by molar-refractivity contribution is 6.55. The summed E-state index contributed by atoms with van der Waals surface area (Å²) < 4.78 is 5.16. The Bertz CT molecular complexity index is 1240. The molecule has 196 valence electrons. The Morgan fingerprint density at radius 1 is 0.865 bits per heavy atom. The number of unbranched alkanes of at least 4 members (excludes halogenated alkanes) is 1. The molecule has 0 saturated carbocycles. The van der Waals surface area contributed by atoms with Crippen molar-refractivity contribution in [3.05, 3.63) is 55.5 Å². The minimum absolute atomic E-state index is 0.0870. The molecule has 1 aliphatic heterocycles. The number of hydrogen-bond acceptors (Lipinski definition) is 6. The summed E-state index contributed by atoms with van der Waals surface area (Å²) in [4.78, 5) is 63.5. The summed E-state index contributed by atoms with van der Waals surface area (Å²) in [6.07, 6.45) is 1.22. The quantitative estimate of drug-likeness (QED) is 0.170. The number of fused-ring (bicyclic) bond motifs is 1. The van der Waals surface area contributed by atoms with Gasteiger partial charge in [0.1, 0.15) is 6.04 Å². The van der Waals surface area contributed by atoms with Crippen molar-refractivity contribution in [1.82, 2.24) is 4.90 Å². The number of nitrogens with zero attached hydrogens (tertiary/aromatic N) is 1. The molecule has 4 amide bonds. The normalized spacial score (nSPS) is 13.3. The number of amides is 4. The lowest BCUT2D eigenvalue weighted by Crippen LogP contribution is -2.46. The largest absolute Gasteiger partial charge is 0.454 e. The van der Waals surface area contributed by atoms with Crippen LogP contribution in [0, 0.1) is 0 Å². The SMILES string of the molecule is CCCC[C@H](C(=O)OCC(=O)Nc1ccc(NC(C)=O)cc1)N1C(=O)c2c(Cl)c(Cl)c(Cl)c(Cl)c2C1=O. The maximum absolute atomic E-state index is 13.2. The van der Waals surface area contributed by atoms with E-state index in [1.165, 1.54) is 6.92 Å². The van der Waals surface area contributed by atoms with Crippen molar-refractivity contribution in [2.24, 2.45) is 0 Å². The van der Waals surface area contributed by atoms with Crippen molar-refractivity contribution >= 4 is 87.4 Å². The van der Waals surface area contributed by atoms with E-state index in [0.717, 1.165) is 0 Å². The first-order valence-corrected chi connectivity index (χ1v) is 12.6. The van der Waals surface area contributed by atoms with Gasteiger partial charge in [-0.3, -0.25) is 24.1 Å². The summed E-state index contributed by atoms with van der Waals surface area (Å²) in [6.45, 7) is 2.56. The van der Waals surface area contributed by atoms with E-state index in [1.54, 1.807) is 24.3 Å². The van der Waals surface area contributed by atoms with Crippen molar-refractivity contribution in [3.63, 3.8) is 0 Å². The van der Waals surface area contributed by atoms with Crippen LogP contribution in [0.1, 0.15) is 53.8 Å². The van der Waals surface area contributed by atoms with Crippen LogP contribution >= 0.6 is 46.4 Å². The van der Waals surface area contributed by atoms with E-state index < -0.39 is 36.3 Å². The summed E-state index contributed by atoms with van der Waals surface area (Å²) in [6, 6.07) is 4.94. The Morgan fingerprint density at radius 3 is 1.81 bits per heavy atom. The fourth-order valence-corrected chi connectivity index (χ4v) is 4.68. The van der Waals surface area contributed by atoms with Crippen LogP contribution in [0.3, 0.4) is 0 Å². The Labute approximate surface area is 232 Å². The Kier molecular flexibility index (Phi) is 9.41. The van der Waals surface area contributed by atoms with E-state index in [-0.39, 0.29) is 43.5 Å². The molecule has 0 aromatic heterocycles. The van der Waals surface area contributed by atoms with Crippen LogP contribution in [0.25, 0.3) is 0 Å². The third kappa shape index (κ3) is 6.18. The van der Waals surface area contributed by atoms with Crippen molar-refractivity contribution in [2.75, 3.05) is 17.2 Å². The van der Waals surface area contributed by atoms with Crippen molar-refractivity contribution < 1.29 is 28.7 Å². The molecule has 0 bridgehead atoms. The summed E-state index contributed by atoms with van der Waals surface area (Å²) in [7, 11) is 0.